The molecule has 0 radical (unpaired) electrons. The molecular formula is C18H22N4O3. The number of amides is 2. The first-order chi connectivity index (χ1) is 12.2. The van der Waals surface area contributed by atoms with E-state index in [1.807, 2.05) is 18.2 Å². The Hall–Kier alpha value is -2.70. The predicted octanol–water partition coefficient (Wildman–Crippen LogP) is 1.70. The molecule has 1 fully saturated rings. The molecule has 25 heavy (non-hydrogen) atoms. The Kier molecular flexibility index (Phi) is 5.77. The molecule has 7 nitrogen and oxygen atoms in total. The third kappa shape index (κ3) is 5.14. The van der Waals surface area contributed by atoms with Gasteiger partial charge in [-0.15, -0.1) is 0 Å². The van der Waals surface area contributed by atoms with E-state index in [2.05, 4.69) is 32.9 Å². The van der Waals surface area contributed by atoms with Crippen molar-refractivity contribution in [3.8, 4) is 0 Å². The average Bonchev–Trinajstić information content (AvgIpc) is 3.10. The summed E-state index contributed by atoms with van der Waals surface area (Å²) >= 11 is 0. The molecule has 1 aliphatic heterocycles. The van der Waals surface area contributed by atoms with Gasteiger partial charge in [-0.1, -0.05) is 35.5 Å². The lowest BCUT2D eigenvalue weighted by atomic mass is 9.97. The van der Waals surface area contributed by atoms with E-state index in [1.165, 1.54) is 5.56 Å². The van der Waals surface area contributed by atoms with E-state index in [1.54, 1.807) is 0 Å². The van der Waals surface area contributed by atoms with Gasteiger partial charge in [0.25, 0.3) is 0 Å². The fraction of sp³-hybridized carbons (Fsp3) is 0.444. The summed E-state index contributed by atoms with van der Waals surface area (Å²) in [5.41, 5.74) is 1.23. The second kappa shape index (κ2) is 8.41. The molecule has 1 aromatic heterocycles. The van der Waals surface area contributed by atoms with Crippen molar-refractivity contribution in [3.05, 3.63) is 47.6 Å². The molecule has 132 valence electrons. The summed E-state index contributed by atoms with van der Waals surface area (Å²) in [6.45, 7) is 0.849. The van der Waals surface area contributed by atoms with E-state index in [0.29, 0.717) is 31.1 Å². The van der Waals surface area contributed by atoms with Gasteiger partial charge in [0.1, 0.15) is 0 Å². The van der Waals surface area contributed by atoms with Crippen LogP contribution in [0.3, 0.4) is 0 Å². The van der Waals surface area contributed by atoms with E-state index >= 15 is 0 Å². The number of nitrogens with zero attached hydrogens (tertiary/aromatic N) is 2. The number of aryl methyl sites for hydroxylation is 1. The largest absolute Gasteiger partial charge is 0.356 e. The highest BCUT2D eigenvalue weighted by Gasteiger charge is 2.25. The standard InChI is InChI=1S/C18H22N4O3/c23-15(8-4-7-13-5-2-1-3-6-13)20-12-17-21-18(22-25-17)14-9-10-19-16(24)11-14/h1-3,5-6,14H,4,7-12H2,(H,19,24)(H,20,23). The molecule has 1 aromatic carbocycles. The second-order valence-electron chi connectivity index (χ2n) is 6.20. The minimum absolute atomic E-state index is 0.00664. The van der Waals surface area contributed by atoms with Crippen LogP contribution in [0.1, 0.15) is 48.9 Å². The molecule has 2 N–H and O–H groups in total. The third-order valence-electron chi connectivity index (χ3n) is 4.24. The zero-order chi connectivity index (χ0) is 17.5. The van der Waals surface area contributed by atoms with Crippen molar-refractivity contribution in [2.45, 2.75) is 44.6 Å². The van der Waals surface area contributed by atoms with Gasteiger partial charge in [0.15, 0.2) is 5.82 Å². The van der Waals surface area contributed by atoms with Crippen LogP contribution in [-0.4, -0.2) is 28.5 Å². The monoisotopic (exact) mass is 342 g/mol. The van der Waals surface area contributed by atoms with Crippen molar-refractivity contribution in [1.29, 1.82) is 0 Å². The summed E-state index contributed by atoms with van der Waals surface area (Å²) in [6.07, 6.45) is 3.31. The smallest absolute Gasteiger partial charge is 0.246 e. The van der Waals surface area contributed by atoms with Gasteiger partial charge in [0, 0.05) is 25.3 Å². The molecule has 1 atom stereocenters. The summed E-state index contributed by atoms with van der Waals surface area (Å²) in [4.78, 5) is 27.6. The molecule has 1 unspecified atom stereocenters. The fourth-order valence-corrected chi connectivity index (χ4v) is 2.87. The maximum Gasteiger partial charge on any atom is 0.246 e. The van der Waals surface area contributed by atoms with Crippen LogP contribution in [0.2, 0.25) is 0 Å². The normalized spacial score (nSPS) is 17.1. The van der Waals surface area contributed by atoms with Gasteiger partial charge in [0.05, 0.1) is 6.54 Å². The Labute approximate surface area is 146 Å². The van der Waals surface area contributed by atoms with Crippen LogP contribution in [-0.2, 0) is 22.6 Å². The maximum absolute atomic E-state index is 11.9. The Morgan fingerprint density at radius 1 is 1.32 bits per heavy atom. The number of aromatic nitrogens is 2. The van der Waals surface area contributed by atoms with Crippen LogP contribution in [0.25, 0.3) is 0 Å². The molecule has 1 aliphatic rings. The topological polar surface area (TPSA) is 97.1 Å². The number of carbonyl (C=O) groups is 2. The Morgan fingerprint density at radius 3 is 2.96 bits per heavy atom. The average molecular weight is 342 g/mol. The van der Waals surface area contributed by atoms with Gasteiger partial charge in [-0.25, -0.2) is 0 Å². The molecule has 7 heteroatoms. The van der Waals surface area contributed by atoms with E-state index < -0.39 is 0 Å². The first-order valence-electron chi connectivity index (χ1n) is 8.60. The SMILES string of the molecule is O=C(CCCc1ccccc1)NCc1nc(C2CCNC(=O)C2)no1. The van der Waals surface area contributed by atoms with Gasteiger partial charge in [-0.05, 0) is 24.8 Å². The highest BCUT2D eigenvalue weighted by molar-refractivity contribution is 5.77. The molecule has 0 bridgehead atoms. The maximum atomic E-state index is 11.9. The number of hydrogen-bond donors (Lipinski definition) is 2. The molecule has 1 saturated heterocycles. The lowest BCUT2D eigenvalue weighted by molar-refractivity contribution is -0.123. The number of benzene rings is 1. The van der Waals surface area contributed by atoms with Crippen LogP contribution in [0, 0.1) is 0 Å². The lowest BCUT2D eigenvalue weighted by Crippen LogP contribution is -2.32. The van der Waals surface area contributed by atoms with E-state index in [-0.39, 0.29) is 24.3 Å². The molecule has 0 spiro atoms. The molecule has 2 amide bonds. The van der Waals surface area contributed by atoms with Crippen LogP contribution < -0.4 is 10.6 Å². The van der Waals surface area contributed by atoms with Crippen molar-refractivity contribution >= 4 is 11.8 Å². The van der Waals surface area contributed by atoms with Gasteiger partial charge in [0.2, 0.25) is 17.7 Å². The zero-order valence-electron chi connectivity index (χ0n) is 14.0. The van der Waals surface area contributed by atoms with Crippen molar-refractivity contribution < 1.29 is 14.1 Å². The van der Waals surface area contributed by atoms with Crippen LogP contribution in [0.5, 0.6) is 0 Å². The summed E-state index contributed by atoms with van der Waals surface area (Å²) in [5, 5.41) is 9.51. The number of nitrogens with one attached hydrogen (secondary N) is 2. The van der Waals surface area contributed by atoms with E-state index in [4.69, 9.17) is 4.52 Å². The lowest BCUT2D eigenvalue weighted by Gasteiger charge is -2.18. The first kappa shape index (κ1) is 17.1. The van der Waals surface area contributed by atoms with E-state index in [0.717, 1.165) is 19.3 Å². The highest BCUT2D eigenvalue weighted by Crippen LogP contribution is 2.22. The molecular weight excluding hydrogens is 320 g/mol. The number of hydrogen-bond acceptors (Lipinski definition) is 5. The van der Waals surface area contributed by atoms with Gasteiger partial charge in [-0.3, -0.25) is 9.59 Å². The minimum Gasteiger partial charge on any atom is -0.356 e. The van der Waals surface area contributed by atoms with Crippen molar-refractivity contribution in [2.24, 2.45) is 0 Å². The third-order valence-corrected chi connectivity index (χ3v) is 4.24. The molecule has 3 rings (SSSR count). The quantitative estimate of drug-likeness (QED) is 0.798. The summed E-state index contributed by atoms with van der Waals surface area (Å²) in [7, 11) is 0. The van der Waals surface area contributed by atoms with Gasteiger partial charge < -0.3 is 15.2 Å². The Morgan fingerprint density at radius 2 is 2.16 bits per heavy atom. The summed E-state index contributed by atoms with van der Waals surface area (Å²) in [6, 6.07) is 10.1. The predicted molar refractivity (Wildman–Crippen MR) is 90.5 cm³/mol. The van der Waals surface area contributed by atoms with Crippen molar-refractivity contribution in [1.82, 2.24) is 20.8 Å². The number of carbonyl (C=O) groups excluding carboxylic acids is 2. The van der Waals surface area contributed by atoms with Crippen LogP contribution in [0.4, 0.5) is 0 Å². The Balaban J connectivity index is 1.39. The molecule has 2 heterocycles. The molecule has 2 aromatic rings. The minimum atomic E-state index is -0.0345. The highest BCUT2D eigenvalue weighted by atomic mass is 16.5. The summed E-state index contributed by atoms with van der Waals surface area (Å²) < 4.78 is 5.17. The van der Waals surface area contributed by atoms with Crippen molar-refractivity contribution in [3.63, 3.8) is 0 Å². The molecule has 0 aliphatic carbocycles. The first-order valence-corrected chi connectivity index (χ1v) is 8.60. The number of piperidine rings is 1. The fourth-order valence-electron chi connectivity index (χ4n) is 2.87. The second-order valence-corrected chi connectivity index (χ2v) is 6.20. The van der Waals surface area contributed by atoms with Crippen molar-refractivity contribution in [2.75, 3.05) is 6.54 Å². The van der Waals surface area contributed by atoms with E-state index in [9.17, 15) is 9.59 Å². The number of rotatable bonds is 7. The summed E-state index contributed by atoms with van der Waals surface area (Å²) in [5.74, 6) is 0.885. The van der Waals surface area contributed by atoms with Crippen LogP contribution in [0.15, 0.2) is 34.9 Å². The van der Waals surface area contributed by atoms with Gasteiger partial charge in [-0.2, -0.15) is 4.98 Å². The Bertz CT molecular complexity index is 714. The molecule has 0 saturated carbocycles. The van der Waals surface area contributed by atoms with Gasteiger partial charge >= 0.3 is 0 Å². The van der Waals surface area contributed by atoms with Crippen LogP contribution >= 0.6 is 0 Å². The zero-order valence-corrected chi connectivity index (χ0v) is 14.0.